The number of halogens is 2. The van der Waals surface area contributed by atoms with E-state index in [2.05, 4.69) is 15.9 Å². The van der Waals surface area contributed by atoms with Crippen LogP contribution in [0.2, 0.25) is 0 Å². The number of allylic oxidation sites excluding steroid dienone is 1. The molecular formula is C15H10BrFO. The van der Waals surface area contributed by atoms with Gasteiger partial charge in [0.2, 0.25) is 0 Å². The zero-order valence-electron chi connectivity index (χ0n) is 9.44. The summed E-state index contributed by atoms with van der Waals surface area (Å²) in [5.74, 6) is -0.485. The predicted octanol–water partition coefficient (Wildman–Crippen LogP) is 4.48. The highest BCUT2D eigenvalue weighted by molar-refractivity contribution is 9.10. The zero-order chi connectivity index (χ0) is 13.0. The van der Waals surface area contributed by atoms with Crippen LogP contribution in [-0.4, -0.2) is 5.78 Å². The number of benzene rings is 2. The Kier molecular flexibility index (Phi) is 4.05. The van der Waals surface area contributed by atoms with Crippen LogP contribution in [0.5, 0.6) is 0 Å². The number of hydrogen-bond donors (Lipinski definition) is 0. The maximum absolute atomic E-state index is 12.7. The lowest BCUT2D eigenvalue weighted by Crippen LogP contribution is -1.93. The first kappa shape index (κ1) is 12.7. The molecular weight excluding hydrogens is 295 g/mol. The van der Waals surface area contributed by atoms with Gasteiger partial charge in [-0.1, -0.05) is 34.1 Å². The van der Waals surface area contributed by atoms with E-state index in [-0.39, 0.29) is 11.6 Å². The minimum absolute atomic E-state index is 0.141. The molecule has 2 aromatic rings. The van der Waals surface area contributed by atoms with Crippen molar-refractivity contribution in [1.29, 1.82) is 0 Å². The van der Waals surface area contributed by atoms with Crippen molar-refractivity contribution < 1.29 is 9.18 Å². The van der Waals surface area contributed by atoms with Gasteiger partial charge < -0.3 is 0 Å². The molecule has 0 atom stereocenters. The van der Waals surface area contributed by atoms with E-state index >= 15 is 0 Å². The summed E-state index contributed by atoms with van der Waals surface area (Å²) in [5, 5.41) is 0. The largest absolute Gasteiger partial charge is 0.289 e. The lowest BCUT2D eigenvalue weighted by Gasteiger charge is -1.96. The molecule has 2 rings (SSSR count). The molecule has 0 aliphatic rings. The molecule has 0 bridgehead atoms. The molecule has 0 saturated carbocycles. The van der Waals surface area contributed by atoms with Crippen molar-refractivity contribution in [1.82, 2.24) is 0 Å². The zero-order valence-corrected chi connectivity index (χ0v) is 11.0. The van der Waals surface area contributed by atoms with Crippen LogP contribution in [0.15, 0.2) is 59.1 Å². The molecule has 90 valence electrons. The summed E-state index contributed by atoms with van der Waals surface area (Å²) in [6.07, 6.45) is 3.22. The van der Waals surface area contributed by atoms with E-state index in [9.17, 15) is 9.18 Å². The third-order valence-electron chi connectivity index (χ3n) is 2.43. The summed E-state index contributed by atoms with van der Waals surface area (Å²) in [6.45, 7) is 0. The minimum atomic E-state index is -0.344. The Hall–Kier alpha value is -1.74. The van der Waals surface area contributed by atoms with E-state index in [4.69, 9.17) is 0 Å². The van der Waals surface area contributed by atoms with Gasteiger partial charge in [0.25, 0.3) is 0 Å². The molecule has 2 aromatic carbocycles. The molecule has 0 N–H and O–H groups in total. The van der Waals surface area contributed by atoms with Crippen LogP contribution in [0.25, 0.3) is 6.08 Å². The maximum atomic E-state index is 12.7. The molecule has 0 aliphatic heterocycles. The van der Waals surface area contributed by atoms with E-state index in [1.807, 2.05) is 24.3 Å². The van der Waals surface area contributed by atoms with E-state index in [1.54, 1.807) is 6.08 Å². The number of ketones is 1. The van der Waals surface area contributed by atoms with Gasteiger partial charge in [0.15, 0.2) is 5.78 Å². The summed E-state index contributed by atoms with van der Waals surface area (Å²) in [4.78, 5) is 11.8. The van der Waals surface area contributed by atoms with E-state index in [0.717, 1.165) is 10.0 Å². The molecule has 0 radical (unpaired) electrons. The summed E-state index contributed by atoms with van der Waals surface area (Å²) < 4.78 is 13.7. The molecule has 0 fully saturated rings. The second-order valence-electron chi connectivity index (χ2n) is 3.76. The molecule has 0 aromatic heterocycles. The first-order chi connectivity index (χ1) is 8.65. The highest BCUT2D eigenvalue weighted by Crippen LogP contribution is 2.12. The molecule has 0 heterocycles. The lowest BCUT2D eigenvalue weighted by molar-refractivity contribution is 0.104. The summed E-state index contributed by atoms with van der Waals surface area (Å²) in [6, 6.07) is 13.1. The van der Waals surface area contributed by atoms with E-state index in [1.165, 1.54) is 30.3 Å². The van der Waals surface area contributed by atoms with E-state index < -0.39 is 0 Å². The van der Waals surface area contributed by atoms with Gasteiger partial charge >= 0.3 is 0 Å². The van der Waals surface area contributed by atoms with Gasteiger partial charge in [-0.15, -0.1) is 0 Å². The maximum Gasteiger partial charge on any atom is 0.185 e. The Morgan fingerprint density at radius 3 is 2.22 bits per heavy atom. The van der Waals surface area contributed by atoms with Crippen molar-refractivity contribution >= 4 is 27.8 Å². The summed E-state index contributed by atoms with van der Waals surface area (Å²) in [5.41, 5.74) is 1.42. The molecule has 18 heavy (non-hydrogen) atoms. The van der Waals surface area contributed by atoms with Gasteiger partial charge in [-0.05, 0) is 48.0 Å². The normalized spacial score (nSPS) is 10.8. The standard InChI is InChI=1S/C15H10BrFO/c16-13-6-1-11(2-7-13)3-10-15(18)12-4-8-14(17)9-5-12/h1-10H/b10-3-. The number of carbonyl (C=O) groups excluding carboxylic acids is 1. The fourth-order valence-corrected chi connectivity index (χ4v) is 1.72. The van der Waals surface area contributed by atoms with Crippen molar-refractivity contribution in [2.75, 3.05) is 0 Å². The average Bonchev–Trinajstić information content (AvgIpc) is 2.38. The van der Waals surface area contributed by atoms with Crippen molar-refractivity contribution in [2.45, 2.75) is 0 Å². The van der Waals surface area contributed by atoms with Crippen LogP contribution in [0.4, 0.5) is 4.39 Å². The fraction of sp³-hybridized carbons (Fsp3) is 0. The monoisotopic (exact) mass is 304 g/mol. The quantitative estimate of drug-likeness (QED) is 0.603. The Balaban J connectivity index is 2.11. The van der Waals surface area contributed by atoms with Crippen molar-refractivity contribution in [3.63, 3.8) is 0 Å². The third kappa shape index (κ3) is 3.37. The van der Waals surface area contributed by atoms with Crippen LogP contribution >= 0.6 is 15.9 Å². The highest BCUT2D eigenvalue weighted by atomic mass is 79.9. The van der Waals surface area contributed by atoms with Crippen molar-refractivity contribution in [3.05, 3.63) is 76.0 Å². The number of rotatable bonds is 3. The molecule has 0 aliphatic carbocycles. The molecule has 0 saturated heterocycles. The highest BCUT2D eigenvalue weighted by Gasteiger charge is 2.01. The Morgan fingerprint density at radius 2 is 1.61 bits per heavy atom. The first-order valence-electron chi connectivity index (χ1n) is 5.39. The Bertz CT molecular complexity index is 570. The summed E-state index contributed by atoms with van der Waals surface area (Å²) >= 11 is 3.34. The lowest BCUT2D eigenvalue weighted by atomic mass is 10.1. The van der Waals surface area contributed by atoms with Crippen molar-refractivity contribution in [2.24, 2.45) is 0 Å². The van der Waals surface area contributed by atoms with Gasteiger partial charge in [-0.25, -0.2) is 4.39 Å². The smallest absolute Gasteiger partial charge is 0.185 e. The average molecular weight is 305 g/mol. The van der Waals surface area contributed by atoms with Crippen LogP contribution in [0, 0.1) is 5.82 Å². The van der Waals surface area contributed by atoms with Gasteiger partial charge in [-0.2, -0.15) is 0 Å². The van der Waals surface area contributed by atoms with Crippen LogP contribution in [-0.2, 0) is 0 Å². The molecule has 1 nitrogen and oxygen atoms in total. The fourth-order valence-electron chi connectivity index (χ4n) is 1.46. The van der Waals surface area contributed by atoms with E-state index in [0.29, 0.717) is 5.56 Å². The van der Waals surface area contributed by atoms with Crippen molar-refractivity contribution in [3.8, 4) is 0 Å². The topological polar surface area (TPSA) is 17.1 Å². The van der Waals surface area contributed by atoms with Gasteiger partial charge in [0.1, 0.15) is 5.82 Å². The minimum Gasteiger partial charge on any atom is -0.289 e. The second-order valence-corrected chi connectivity index (χ2v) is 4.67. The van der Waals surface area contributed by atoms with Crippen LogP contribution in [0.1, 0.15) is 15.9 Å². The second kappa shape index (κ2) is 5.74. The SMILES string of the molecule is O=C(/C=C\c1ccc(Br)cc1)c1ccc(F)cc1. The summed E-state index contributed by atoms with van der Waals surface area (Å²) in [7, 11) is 0. The molecule has 0 spiro atoms. The molecule has 3 heteroatoms. The first-order valence-corrected chi connectivity index (χ1v) is 6.18. The molecule has 0 unspecified atom stereocenters. The third-order valence-corrected chi connectivity index (χ3v) is 2.95. The van der Waals surface area contributed by atoms with Gasteiger partial charge in [0.05, 0.1) is 0 Å². The predicted molar refractivity (Wildman–Crippen MR) is 73.9 cm³/mol. The Morgan fingerprint density at radius 1 is 1.00 bits per heavy atom. The Labute approximate surface area is 113 Å². The van der Waals surface area contributed by atoms with Gasteiger partial charge in [0, 0.05) is 10.0 Å². The van der Waals surface area contributed by atoms with Gasteiger partial charge in [-0.3, -0.25) is 4.79 Å². The van der Waals surface area contributed by atoms with Crippen LogP contribution in [0.3, 0.4) is 0 Å². The number of carbonyl (C=O) groups is 1. The molecule has 0 amide bonds. The number of hydrogen-bond acceptors (Lipinski definition) is 1. The van der Waals surface area contributed by atoms with Crippen LogP contribution < -0.4 is 0 Å².